The highest BCUT2D eigenvalue weighted by Crippen LogP contribution is 2.35. The van der Waals surface area contributed by atoms with Crippen molar-refractivity contribution in [1.29, 1.82) is 0 Å². The van der Waals surface area contributed by atoms with Gasteiger partial charge in [0.2, 0.25) is 11.8 Å². The number of hydrogen-bond acceptors (Lipinski definition) is 7. The molecule has 0 radical (unpaired) electrons. The van der Waals surface area contributed by atoms with E-state index >= 15 is 0 Å². The monoisotopic (exact) mass is 477 g/mol. The van der Waals surface area contributed by atoms with Crippen LogP contribution in [0.15, 0.2) is 41.1 Å². The molecule has 1 atom stereocenters. The minimum Gasteiger partial charge on any atom is -0.443 e. The average molecular weight is 477 g/mol. The molecule has 9 nitrogen and oxygen atoms in total. The summed E-state index contributed by atoms with van der Waals surface area (Å²) < 4.78 is 20.0. The molecule has 6 rings (SSSR count). The van der Waals surface area contributed by atoms with Crippen molar-refractivity contribution in [3.8, 4) is 0 Å². The number of hydrogen-bond donors (Lipinski definition) is 1. The molecule has 3 aromatic rings. The van der Waals surface area contributed by atoms with E-state index in [-0.39, 0.29) is 31.2 Å². The Morgan fingerprint density at radius 3 is 2.71 bits per heavy atom. The Morgan fingerprint density at radius 2 is 1.91 bits per heavy atom. The van der Waals surface area contributed by atoms with Crippen LogP contribution in [-0.2, 0) is 22.7 Å². The molecule has 1 unspecified atom stereocenters. The van der Waals surface area contributed by atoms with E-state index in [1.165, 1.54) is 23.4 Å². The van der Waals surface area contributed by atoms with Crippen LogP contribution in [-0.4, -0.2) is 64.7 Å². The number of rotatable bonds is 4. The van der Waals surface area contributed by atoms with Crippen LogP contribution < -0.4 is 10.2 Å². The minimum atomic E-state index is -0.720. The summed E-state index contributed by atoms with van der Waals surface area (Å²) >= 11 is 0. The van der Waals surface area contributed by atoms with Gasteiger partial charge in [0.05, 0.1) is 0 Å². The molecule has 1 aromatic heterocycles. The number of nitrogens with zero attached hydrogens (tertiary/aromatic N) is 4. The fourth-order valence-electron chi connectivity index (χ4n) is 5.29. The highest BCUT2D eigenvalue weighted by Gasteiger charge is 2.41. The smallest absolute Gasteiger partial charge is 0.255 e. The van der Waals surface area contributed by atoms with E-state index in [4.69, 9.17) is 4.42 Å². The Labute approximate surface area is 200 Å². The molecule has 1 N–H and O–H groups in total. The average Bonchev–Trinajstić information content (AvgIpc) is 3.44. The van der Waals surface area contributed by atoms with Gasteiger partial charge in [-0.15, -0.1) is 0 Å². The molecule has 0 saturated carbocycles. The van der Waals surface area contributed by atoms with E-state index < -0.39 is 17.8 Å². The zero-order chi connectivity index (χ0) is 24.1. The van der Waals surface area contributed by atoms with Crippen LogP contribution in [0.3, 0.4) is 0 Å². The van der Waals surface area contributed by atoms with Crippen molar-refractivity contribution in [3.05, 3.63) is 59.2 Å². The molecule has 4 heterocycles. The second-order valence-corrected chi connectivity index (χ2v) is 9.27. The first kappa shape index (κ1) is 21.7. The van der Waals surface area contributed by atoms with Crippen LogP contribution in [0.4, 0.5) is 10.1 Å². The summed E-state index contributed by atoms with van der Waals surface area (Å²) in [6, 6.07) is 8.01. The van der Waals surface area contributed by atoms with Crippen LogP contribution in [0.2, 0.25) is 0 Å². The maximum absolute atomic E-state index is 14.6. The Balaban J connectivity index is 1.17. The number of imide groups is 1. The van der Waals surface area contributed by atoms with Crippen molar-refractivity contribution in [1.82, 2.24) is 20.1 Å². The fourth-order valence-corrected chi connectivity index (χ4v) is 5.29. The molecule has 3 aliphatic rings. The van der Waals surface area contributed by atoms with E-state index in [9.17, 15) is 18.8 Å². The summed E-state index contributed by atoms with van der Waals surface area (Å²) in [6.45, 7) is 3.94. The largest absolute Gasteiger partial charge is 0.443 e. The van der Waals surface area contributed by atoms with Crippen molar-refractivity contribution in [2.24, 2.45) is 0 Å². The summed E-state index contributed by atoms with van der Waals surface area (Å²) in [5, 5.41) is 2.30. The Morgan fingerprint density at radius 1 is 1.09 bits per heavy atom. The standard InChI is InChI=1S/C25H24FN5O4/c26-16-10-17-18(13-31(25(17)34)20-3-4-23(32)28-24(20)33)21(11-16)30-7-5-29(6-8-30)12-15-1-2-19-22(9-15)35-14-27-19/h1-2,9-11,14,20H,3-8,12-13H2,(H,28,32,33). The number of amides is 3. The maximum atomic E-state index is 14.6. The van der Waals surface area contributed by atoms with Crippen molar-refractivity contribution in [3.63, 3.8) is 0 Å². The number of anilines is 1. The quantitative estimate of drug-likeness (QED) is 0.575. The van der Waals surface area contributed by atoms with Crippen LogP contribution in [0.25, 0.3) is 11.1 Å². The second-order valence-electron chi connectivity index (χ2n) is 9.27. The molecule has 0 bridgehead atoms. The van der Waals surface area contributed by atoms with Crippen LogP contribution in [0.5, 0.6) is 0 Å². The van der Waals surface area contributed by atoms with E-state index in [1.54, 1.807) is 0 Å². The second kappa shape index (κ2) is 8.46. The molecule has 3 aliphatic heterocycles. The predicted octanol–water partition coefficient (Wildman–Crippen LogP) is 2.05. The van der Waals surface area contributed by atoms with Gasteiger partial charge in [0.25, 0.3) is 5.91 Å². The van der Waals surface area contributed by atoms with Crippen LogP contribution in [0, 0.1) is 5.82 Å². The number of fused-ring (bicyclic) bond motifs is 2. The number of nitrogens with one attached hydrogen (secondary N) is 1. The normalized spacial score (nSPS) is 21.1. The van der Waals surface area contributed by atoms with E-state index in [0.717, 1.165) is 41.9 Å². The van der Waals surface area contributed by atoms with Crippen LogP contribution >= 0.6 is 0 Å². The van der Waals surface area contributed by atoms with E-state index in [2.05, 4.69) is 20.1 Å². The zero-order valence-electron chi connectivity index (χ0n) is 19.0. The number of aromatic nitrogens is 1. The van der Waals surface area contributed by atoms with E-state index in [1.807, 2.05) is 18.2 Å². The van der Waals surface area contributed by atoms with Gasteiger partial charge in [0, 0.05) is 62.5 Å². The van der Waals surface area contributed by atoms with Crippen molar-refractivity contribution < 1.29 is 23.2 Å². The number of piperazine rings is 1. The molecule has 10 heteroatoms. The first-order valence-electron chi connectivity index (χ1n) is 11.7. The number of oxazole rings is 1. The van der Waals surface area contributed by atoms with Crippen molar-refractivity contribution in [2.45, 2.75) is 32.0 Å². The molecule has 0 aliphatic carbocycles. The van der Waals surface area contributed by atoms with Gasteiger partial charge in [0.1, 0.15) is 17.4 Å². The van der Waals surface area contributed by atoms with Gasteiger partial charge in [-0.3, -0.25) is 24.6 Å². The zero-order valence-corrected chi connectivity index (χ0v) is 19.0. The highest BCUT2D eigenvalue weighted by molar-refractivity contribution is 6.06. The third-order valence-corrected chi connectivity index (χ3v) is 7.11. The molecular weight excluding hydrogens is 453 g/mol. The number of halogens is 1. The molecule has 2 saturated heterocycles. The van der Waals surface area contributed by atoms with E-state index in [0.29, 0.717) is 24.3 Å². The lowest BCUT2D eigenvalue weighted by atomic mass is 10.0. The lowest BCUT2D eigenvalue weighted by Gasteiger charge is -2.37. The van der Waals surface area contributed by atoms with Gasteiger partial charge in [0.15, 0.2) is 12.0 Å². The fraction of sp³-hybridized carbons (Fsp3) is 0.360. The Hall–Kier alpha value is -3.79. The first-order valence-corrected chi connectivity index (χ1v) is 11.7. The van der Waals surface area contributed by atoms with Gasteiger partial charge >= 0.3 is 0 Å². The lowest BCUT2D eigenvalue weighted by Crippen LogP contribution is -2.52. The van der Waals surface area contributed by atoms with Crippen molar-refractivity contribution in [2.75, 3.05) is 31.1 Å². The number of piperidine rings is 1. The van der Waals surface area contributed by atoms with Gasteiger partial charge in [-0.2, -0.15) is 0 Å². The molecule has 35 heavy (non-hydrogen) atoms. The Kier molecular flexibility index (Phi) is 5.25. The summed E-state index contributed by atoms with van der Waals surface area (Å²) in [4.78, 5) is 47.0. The molecule has 3 amide bonds. The highest BCUT2D eigenvalue weighted by atomic mass is 19.1. The maximum Gasteiger partial charge on any atom is 0.255 e. The molecule has 0 spiro atoms. The minimum absolute atomic E-state index is 0.184. The lowest BCUT2D eigenvalue weighted by molar-refractivity contribution is -0.136. The van der Waals surface area contributed by atoms with Crippen LogP contribution in [0.1, 0.15) is 34.3 Å². The summed E-state index contributed by atoms with van der Waals surface area (Å²) in [7, 11) is 0. The summed E-state index contributed by atoms with van der Waals surface area (Å²) in [5.74, 6) is -1.64. The SMILES string of the molecule is O=C1CCC(N2Cc3c(cc(F)cc3N3CCN(Cc4ccc5ncoc5c4)CC3)C2=O)C(=O)N1. The van der Waals surface area contributed by atoms with Gasteiger partial charge in [-0.05, 0) is 36.2 Å². The molecular formula is C25H24FN5O4. The predicted molar refractivity (Wildman–Crippen MR) is 124 cm³/mol. The number of carbonyl (C=O) groups is 3. The number of carbonyl (C=O) groups excluding carboxylic acids is 3. The van der Waals surface area contributed by atoms with Crippen molar-refractivity contribution >= 4 is 34.5 Å². The first-order chi connectivity index (χ1) is 17.0. The molecule has 2 aromatic carbocycles. The summed E-state index contributed by atoms with van der Waals surface area (Å²) in [5.41, 5.74) is 4.48. The van der Waals surface area contributed by atoms with Gasteiger partial charge in [-0.1, -0.05) is 6.07 Å². The molecule has 180 valence electrons. The van der Waals surface area contributed by atoms with Gasteiger partial charge in [-0.25, -0.2) is 9.37 Å². The molecule has 2 fully saturated rings. The van der Waals surface area contributed by atoms with Gasteiger partial charge < -0.3 is 14.2 Å². The third-order valence-electron chi connectivity index (χ3n) is 7.11. The number of benzene rings is 2. The Bertz CT molecular complexity index is 1350. The third kappa shape index (κ3) is 3.93. The topological polar surface area (TPSA) is 99.0 Å². The summed E-state index contributed by atoms with van der Waals surface area (Å²) in [6.07, 6.45) is 1.90.